The van der Waals surface area contributed by atoms with Gasteiger partial charge in [-0.15, -0.1) is 0 Å². The molecule has 1 amide bonds. The first-order valence-electron chi connectivity index (χ1n) is 7.52. The van der Waals surface area contributed by atoms with Gasteiger partial charge in [-0.25, -0.2) is 8.42 Å². The minimum atomic E-state index is -5.15. The first kappa shape index (κ1) is 18.6. The Balaban J connectivity index is 1.99. The molecule has 1 heterocycles. The van der Waals surface area contributed by atoms with Crippen LogP contribution in [0, 0.1) is 0 Å². The maximum atomic E-state index is 12.7. The quantitative estimate of drug-likeness (QED) is 0.707. The number of alkyl halides is 3. The largest absolute Gasteiger partial charge is 0.471 e. The Labute approximate surface area is 152 Å². The zero-order chi connectivity index (χ0) is 19.7. The SMILES string of the molecule is O=C(Nc1ccccc1S(=O)(=O)Nc1cccc2cccnc12)C(F)(F)F. The lowest BCUT2D eigenvalue weighted by molar-refractivity contribution is -0.167. The lowest BCUT2D eigenvalue weighted by Crippen LogP contribution is -2.30. The molecule has 0 aliphatic carbocycles. The molecule has 0 atom stereocenters. The summed E-state index contributed by atoms with van der Waals surface area (Å²) in [5.74, 6) is -2.27. The maximum absolute atomic E-state index is 12.7. The van der Waals surface area contributed by atoms with Crippen molar-refractivity contribution in [1.29, 1.82) is 0 Å². The first-order valence-corrected chi connectivity index (χ1v) is 9.00. The van der Waals surface area contributed by atoms with Crippen molar-refractivity contribution in [2.45, 2.75) is 11.1 Å². The van der Waals surface area contributed by atoms with Gasteiger partial charge >= 0.3 is 12.1 Å². The number of anilines is 2. The van der Waals surface area contributed by atoms with Gasteiger partial charge in [0.05, 0.1) is 16.9 Å². The highest BCUT2D eigenvalue weighted by atomic mass is 32.2. The fraction of sp³-hybridized carbons (Fsp3) is 0.0588. The molecule has 2 N–H and O–H groups in total. The van der Waals surface area contributed by atoms with Crippen molar-refractivity contribution in [1.82, 2.24) is 4.98 Å². The number of carbonyl (C=O) groups excluding carboxylic acids is 1. The molecule has 0 saturated carbocycles. The van der Waals surface area contributed by atoms with Crippen LogP contribution in [-0.2, 0) is 14.8 Å². The molecule has 10 heteroatoms. The van der Waals surface area contributed by atoms with E-state index in [0.717, 1.165) is 12.1 Å². The molecule has 3 rings (SSSR count). The Morgan fingerprint density at radius 1 is 0.926 bits per heavy atom. The van der Waals surface area contributed by atoms with Crippen molar-refractivity contribution in [2.75, 3.05) is 10.0 Å². The average Bonchev–Trinajstić information content (AvgIpc) is 2.61. The third-order valence-corrected chi connectivity index (χ3v) is 4.98. The van der Waals surface area contributed by atoms with Gasteiger partial charge in [-0.1, -0.05) is 30.3 Å². The van der Waals surface area contributed by atoms with E-state index in [4.69, 9.17) is 0 Å². The number of carbonyl (C=O) groups is 1. The lowest BCUT2D eigenvalue weighted by atomic mass is 10.2. The van der Waals surface area contributed by atoms with E-state index in [-0.39, 0.29) is 5.69 Å². The number of halogens is 3. The van der Waals surface area contributed by atoms with Gasteiger partial charge in [0.25, 0.3) is 10.0 Å². The number of hydrogen-bond acceptors (Lipinski definition) is 4. The minimum absolute atomic E-state index is 0.157. The van der Waals surface area contributed by atoms with Crippen LogP contribution in [0.1, 0.15) is 0 Å². The summed E-state index contributed by atoms with van der Waals surface area (Å²) in [4.78, 5) is 14.8. The summed E-state index contributed by atoms with van der Waals surface area (Å²) in [7, 11) is -4.30. The molecular formula is C17H12F3N3O3S. The third-order valence-electron chi connectivity index (χ3n) is 3.56. The standard InChI is InChI=1S/C17H12F3N3O3S/c18-17(19,20)16(24)22-12-7-1-2-9-14(12)27(25,26)23-13-8-3-5-11-6-4-10-21-15(11)13/h1-10,23H,(H,22,24). The summed E-state index contributed by atoms with van der Waals surface area (Å²) < 4.78 is 65.3. The summed E-state index contributed by atoms with van der Waals surface area (Å²) in [5.41, 5.74) is 0.0472. The van der Waals surface area contributed by atoms with Crippen LogP contribution in [-0.4, -0.2) is 25.5 Å². The Kier molecular flexibility index (Phi) is 4.75. The molecule has 3 aromatic rings. The average molecular weight is 395 g/mol. The molecule has 0 aliphatic heterocycles. The number of nitrogens with one attached hydrogen (secondary N) is 2. The minimum Gasteiger partial charge on any atom is -0.317 e. The smallest absolute Gasteiger partial charge is 0.317 e. The second kappa shape index (κ2) is 6.88. The molecule has 0 aliphatic rings. The number of hydrogen-bond donors (Lipinski definition) is 2. The summed E-state index contributed by atoms with van der Waals surface area (Å²) in [5, 5.41) is 2.26. The van der Waals surface area contributed by atoms with Crippen LogP contribution in [0.15, 0.2) is 65.7 Å². The fourth-order valence-electron chi connectivity index (χ4n) is 2.38. The van der Waals surface area contributed by atoms with Crippen LogP contribution in [0.5, 0.6) is 0 Å². The zero-order valence-electron chi connectivity index (χ0n) is 13.5. The number of sulfonamides is 1. The Morgan fingerprint density at radius 3 is 2.33 bits per heavy atom. The third kappa shape index (κ3) is 4.00. The first-order chi connectivity index (χ1) is 12.7. The molecule has 140 valence electrons. The van der Waals surface area contributed by atoms with Crippen LogP contribution in [0.25, 0.3) is 10.9 Å². The molecule has 6 nitrogen and oxygen atoms in total. The van der Waals surface area contributed by atoms with Crippen LogP contribution in [0.2, 0.25) is 0 Å². The summed E-state index contributed by atoms with van der Waals surface area (Å²) in [6, 6.07) is 13.0. The van der Waals surface area contributed by atoms with Gasteiger partial charge in [0.15, 0.2) is 0 Å². The molecule has 0 saturated heterocycles. The van der Waals surface area contributed by atoms with Crippen LogP contribution in [0.4, 0.5) is 24.5 Å². The van der Waals surface area contributed by atoms with E-state index in [1.807, 2.05) is 0 Å². The number of amides is 1. The number of aromatic nitrogens is 1. The molecule has 0 unspecified atom stereocenters. The Bertz CT molecular complexity index is 1110. The second-order valence-corrected chi connectivity index (χ2v) is 7.09. The van der Waals surface area contributed by atoms with Gasteiger partial charge < -0.3 is 5.32 Å². The highest BCUT2D eigenvalue weighted by Crippen LogP contribution is 2.28. The van der Waals surface area contributed by atoms with Crippen molar-refractivity contribution >= 4 is 38.2 Å². The molecule has 1 aromatic heterocycles. The van der Waals surface area contributed by atoms with E-state index in [9.17, 15) is 26.4 Å². The van der Waals surface area contributed by atoms with Gasteiger partial charge in [-0.3, -0.25) is 14.5 Å². The summed E-state index contributed by atoms with van der Waals surface area (Å²) >= 11 is 0. The predicted octanol–water partition coefficient (Wildman–Crippen LogP) is 3.54. The number of pyridine rings is 1. The van der Waals surface area contributed by atoms with E-state index >= 15 is 0 Å². The highest BCUT2D eigenvalue weighted by Gasteiger charge is 2.39. The van der Waals surface area contributed by atoms with Crippen LogP contribution >= 0.6 is 0 Å². The van der Waals surface area contributed by atoms with Gasteiger partial charge in [0.1, 0.15) is 4.90 Å². The van der Waals surface area contributed by atoms with Gasteiger partial charge in [0.2, 0.25) is 0 Å². The molecule has 0 radical (unpaired) electrons. The second-order valence-electron chi connectivity index (χ2n) is 5.43. The molecule has 27 heavy (non-hydrogen) atoms. The molecular weight excluding hydrogens is 383 g/mol. The maximum Gasteiger partial charge on any atom is 0.471 e. The number of para-hydroxylation sites is 2. The van der Waals surface area contributed by atoms with E-state index in [2.05, 4.69) is 9.71 Å². The molecule has 0 spiro atoms. The summed E-state index contributed by atoms with van der Waals surface area (Å²) in [6.07, 6.45) is -3.67. The summed E-state index contributed by atoms with van der Waals surface area (Å²) in [6.45, 7) is 0. The Morgan fingerprint density at radius 2 is 1.59 bits per heavy atom. The van der Waals surface area contributed by atoms with Crippen LogP contribution < -0.4 is 10.0 Å². The lowest BCUT2D eigenvalue weighted by Gasteiger charge is -2.14. The van der Waals surface area contributed by atoms with E-state index in [1.165, 1.54) is 24.4 Å². The normalized spacial score (nSPS) is 12.0. The van der Waals surface area contributed by atoms with Gasteiger partial charge in [-0.05, 0) is 24.3 Å². The van der Waals surface area contributed by atoms with E-state index in [0.29, 0.717) is 10.9 Å². The molecule has 0 bridgehead atoms. The van der Waals surface area contributed by atoms with Crippen molar-refractivity contribution in [3.05, 3.63) is 60.8 Å². The fourth-order valence-corrected chi connectivity index (χ4v) is 3.61. The predicted molar refractivity (Wildman–Crippen MR) is 93.7 cm³/mol. The van der Waals surface area contributed by atoms with Gasteiger partial charge in [0, 0.05) is 11.6 Å². The molecule has 0 fully saturated rings. The Hall–Kier alpha value is -3.14. The number of fused-ring (bicyclic) bond motifs is 1. The number of nitrogens with zero attached hydrogens (tertiary/aromatic N) is 1. The highest BCUT2D eigenvalue weighted by molar-refractivity contribution is 7.93. The van der Waals surface area contributed by atoms with Gasteiger partial charge in [-0.2, -0.15) is 13.2 Å². The topological polar surface area (TPSA) is 88.2 Å². The van der Waals surface area contributed by atoms with E-state index < -0.39 is 32.7 Å². The number of benzene rings is 2. The zero-order valence-corrected chi connectivity index (χ0v) is 14.3. The monoisotopic (exact) mass is 395 g/mol. The van der Waals surface area contributed by atoms with Crippen molar-refractivity contribution in [3.63, 3.8) is 0 Å². The van der Waals surface area contributed by atoms with Crippen molar-refractivity contribution < 1.29 is 26.4 Å². The molecule has 2 aromatic carbocycles. The van der Waals surface area contributed by atoms with Crippen LogP contribution in [0.3, 0.4) is 0 Å². The van der Waals surface area contributed by atoms with Crippen molar-refractivity contribution in [3.8, 4) is 0 Å². The van der Waals surface area contributed by atoms with Crippen molar-refractivity contribution in [2.24, 2.45) is 0 Å². The number of rotatable bonds is 4. The van der Waals surface area contributed by atoms with E-state index in [1.54, 1.807) is 29.6 Å².